The zero-order chi connectivity index (χ0) is 12.3. The maximum atomic E-state index is 11.8. The van der Waals surface area contributed by atoms with Crippen LogP contribution < -0.4 is 0 Å². The number of nitrogens with zero attached hydrogens (tertiary/aromatic N) is 1. The Kier molecular flexibility index (Phi) is 4.35. The van der Waals surface area contributed by atoms with Crippen molar-refractivity contribution in [3.05, 3.63) is 0 Å². The van der Waals surface area contributed by atoms with Gasteiger partial charge in [0, 0.05) is 13.0 Å². The number of carboxylic acids is 1. The van der Waals surface area contributed by atoms with Crippen LogP contribution in [0.15, 0.2) is 0 Å². The fourth-order valence-corrected chi connectivity index (χ4v) is 2.61. The molecule has 0 aromatic heterocycles. The first-order chi connectivity index (χ1) is 7.47. The van der Waals surface area contributed by atoms with Gasteiger partial charge in [-0.15, -0.1) is 11.8 Å². The monoisotopic (exact) mass is 245 g/mol. The summed E-state index contributed by atoms with van der Waals surface area (Å²) in [6.45, 7) is 3.84. The number of amides is 2. The summed E-state index contributed by atoms with van der Waals surface area (Å²) in [6, 6.07) is 0. The summed E-state index contributed by atoms with van der Waals surface area (Å²) in [5, 5.41) is 7.55. The molecule has 2 unspecified atom stereocenters. The Morgan fingerprint density at radius 1 is 1.62 bits per heavy atom. The van der Waals surface area contributed by atoms with E-state index in [0.717, 1.165) is 18.2 Å². The molecule has 1 rings (SSSR count). The molecule has 2 amide bonds. The van der Waals surface area contributed by atoms with Crippen LogP contribution in [0.25, 0.3) is 0 Å². The molecule has 6 heteroatoms. The predicted molar refractivity (Wildman–Crippen MR) is 60.1 cm³/mol. The Balaban J connectivity index is 2.62. The molecule has 0 spiro atoms. The molecule has 0 saturated carbocycles. The van der Waals surface area contributed by atoms with Gasteiger partial charge >= 0.3 is 5.97 Å². The van der Waals surface area contributed by atoms with Crippen LogP contribution in [-0.4, -0.2) is 44.8 Å². The summed E-state index contributed by atoms with van der Waals surface area (Å²) in [7, 11) is 0. The van der Waals surface area contributed by atoms with Crippen LogP contribution in [0.2, 0.25) is 0 Å². The van der Waals surface area contributed by atoms with Gasteiger partial charge in [-0.1, -0.05) is 6.92 Å². The van der Waals surface area contributed by atoms with Gasteiger partial charge in [-0.3, -0.25) is 19.3 Å². The number of aliphatic carboxylic acids is 1. The van der Waals surface area contributed by atoms with Crippen molar-refractivity contribution in [2.75, 3.05) is 6.54 Å². The quantitative estimate of drug-likeness (QED) is 0.723. The van der Waals surface area contributed by atoms with Gasteiger partial charge in [-0.2, -0.15) is 0 Å². The van der Waals surface area contributed by atoms with E-state index in [0.29, 0.717) is 6.54 Å². The molecule has 1 aliphatic heterocycles. The molecule has 2 atom stereocenters. The first kappa shape index (κ1) is 13.0. The van der Waals surface area contributed by atoms with E-state index in [4.69, 9.17) is 5.11 Å². The number of imide groups is 1. The number of thioether (sulfide) groups is 1. The van der Waals surface area contributed by atoms with Crippen molar-refractivity contribution in [2.24, 2.45) is 0 Å². The summed E-state index contributed by atoms with van der Waals surface area (Å²) in [5.41, 5.74) is 0. The van der Waals surface area contributed by atoms with Crippen molar-refractivity contribution < 1.29 is 19.5 Å². The Bertz CT molecular complexity index is 318. The summed E-state index contributed by atoms with van der Waals surface area (Å²) >= 11 is 1.05. The van der Waals surface area contributed by atoms with Gasteiger partial charge in [0.05, 0.1) is 5.25 Å². The molecule has 1 heterocycles. The number of carbonyl (C=O) groups excluding carboxylic acids is 2. The van der Waals surface area contributed by atoms with E-state index < -0.39 is 16.5 Å². The molecular weight excluding hydrogens is 230 g/mol. The average Bonchev–Trinajstić information content (AvgIpc) is 2.46. The van der Waals surface area contributed by atoms with Gasteiger partial charge in [0.2, 0.25) is 11.8 Å². The third-order valence-corrected chi connectivity index (χ3v) is 3.67. The highest BCUT2D eigenvalue weighted by atomic mass is 32.2. The highest BCUT2D eigenvalue weighted by Crippen LogP contribution is 2.28. The Morgan fingerprint density at radius 3 is 2.75 bits per heavy atom. The Morgan fingerprint density at radius 2 is 2.25 bits per heavy atom. The smallest absolute Gasteiger partial charge is 0.316 e. The fraction of sp³-hybridized carbons (Fsp3) is 0.700. The number of likely N-dealkylation sites (tertiary alicyclic amines) is 1. The lowest BCUT2D eigenvalue weighted by Gasteiger charge is -2.14. The molecule has 90 valence electrons. The van der Waals surface area contributed by atoms with Crippen molar-refractivity contribution in [3.8, 4) is 0 Å². The number of rotatable bonds is 5. The van der Waals surface area contributed by atoms with Crippen LogP contribution in [0.5, 0.6) is 0 Å². The second-order valence-corrected chi connectivity index (χ2v) is 5.24. The molecular formula is C10H15NO4S. The van der Waals surface area contributed by atoms with Gasteiger partial charge in [0.1, 0.15) is 5.25 Å². The van der Waals surface area contributed by atoms with Gasteiger partial charge in [-0.05, 0) is 13.3 Å². The van der Waals surface area contributed by atoms with E-state index in [1.807, 2.05) is 6.92 Å². The van der Waals surface area contributed by atoms with E-state index in [9.17, 15) is 14.4 Å². The molecule has 0 aromatic rings. The van der Waals surface area contributed by atoms with Gasteiger partial charge in [0.25, 0.3) is 0 Å². The Hall–Kier alpha value is -1.04. The highest BCUT2D eigenvalue weighted by molar-refractivity contribution is 8.01. The van der Waals surface area contributed by atoms with Crippen LogP contribution in [0, 0.1) is 0 Å². The zero-order valence-corrected chi connectivity index (χ0v) is 10.1. The third kappa shape index (κ3) is 2.75. The highest BCUT2D eigenvalue weighted by Gasteiger charge is 2.39. The number of hydrogen-bond acceptors (Lipinski definition) is 4. The van der Waals surface area contributed by atoms with E-state index in [1.165, 1.54) is 11.8 Å². The van der Waals surface area contributed by atoms with E-state index in [1.54, 1.807) is 0 Å². The van der Waals surface area contributed by atoms with Crippen molar-refractivity contribution in [3.63, 3.8) is 0 Å². The van der Waals surface area contributed by atoms with Crippen molar-refractivity contribution in [1.82, 2.24) is 4.90 Å². The maximum absolute atomic E-state index is 11.8. The molecule has 16 heavy (non-hydrogen) atoms. The summed E-state index contributed by atoms with van der Waals surface area (Å²) < 4.78 is 0. The molecule has 1 saturated heterocycles. The van der Waals surface area contributed by atoms with Crippen molar-refractivity contribution in [1.29, 1.82) is 0 Å². The SMILES string of the molecule is CCCN1C(=O)CC(SC(C)C(=O)O)C1=O. The lowest BCUT2D eigenvalue weighted by Crippen LogP contribution is -2.32. The second-order valence-electron chi connectivity index (χ2n) is 3.69. The minimum Gasteiger partial charge on any atom is -0.480 e. The van der Waals surface area contributed by atoms with Gasteiger partial charge in [-0.25, -0.2) is 0 Å². The zero-order valence-electron chi connectivity index (χ0n) is 9.30. The van der Waals surface area contributed by atoms with Crippen LogP contribution in [0.3, 0.4) is 0 Å². The normalized spacial score (nSPS) is 22.6. The third-order valence-electron chi connectivity index (χ3n) is 2.37. The summed E-state index contributed by atoms with van der Waals surface area (Å²) in [6.07, 6.45) is 0.852. The van der Waals surface area contributed by atoms with E-state index in [-0.39, 0.29) is 18.2 Å². The van der Waals surface area contributed by atoms with E-state index in [2.05, 4.69) is 0 Å². The number of hydrogen-bond donors (Lipinski definition) is 1. The molecule has 0 radical (unpaired) electrons. The molecule has 0 aliphatic carbocycles. The van der Waals surface area contributed by atoms with Crippen molar-refractivity contribution in [2.45, 2.75) is 37.2 Å². The minimum atomic E-state index is -0.959. The predicted octanol–water partition coefficient (Wildman–Crippen LogP) is 0.730. The minimum absolute atomic E-state index is 0.126. The lowest BCUT2D eigenvalue weighted by atomic mass is 10.3. The van der Waals surface area contributed by atoms with Crippen molar-refractivity contribution >= 4 is 29.5 Å². The molecule has 0 bridgehead atoms. The number of carbonyl (C=O) groups is 3. The average molecular weight is 245 g/mol. The topological polar surface area (TPSA) is 74.7 Å². The summed E-state index contributed by atoms with van der Waals surface area (Å²) in [4.78, 5) is 35.1. The molecule has 1 aliphatic rings. The standard InChI is InChI=1S/C10H15NO4S/c1-3-4-11-8(12)5-7(9(11)13)16-6(2)10(14)15/h6-7H,3-5H2,1-2H3,(H,14,15). The fourth-order valence-electron chi connectivity index (χ4n) is 1.52. The number of carboxylic acid groups (broad SMARTS) is 1. The van der Waals surface area contributed by atoms with E-state index >= 15 is 0 Å². The molecule has 1 N–H and O–H groups in total. The molecule has 0 aromatic carbocycles. The Labute approximate surface area is 98.2 Å². The van der Waals surface area contributed by atoms with Crippen LogP contribution in [0.1, 0.15) is 26.7 Å². The summed E-state index contributed by atoms with van der Waals surface area (Å²) in [5.74, 6) is -1.40. The van der Waals surface area contributed by atoms with Crippen LogP contribution >= 0.6 is 11.8 Å². The second kappa shape index (κ2) is 5.34. The first-order valence-corrected chi connectivity index (χ1v) is 6.14. The van der Waals surface area contributed by atoms with Crippen LogP contribution in [0.4, 0.5) is 0 Å². The largest absolute Gasteiger partial charge is 0.480 e. The molecule has 5 nitrogen and oxygen atoms in total. The lowest BCUT2D eigenvalue weighted by molar-refractivity contribution is -0.138. The first-order valence-electron chi connectivity index (χ1n) is 5.19. The maximum Gasteiger partial charge on any atom is 0.316 e. The van der Waals surface area contributed by atoms with Gasteiger partial charge < -0.3 is 5.11 Å². The van der Waals surface area contributed by atoms with Gasteiger partial charge in [0.15, 0.2) is 0 Å². The van der Waals surface area contributed by atoms with Crippen LogP contribution in [-0.2, 0) is 14.4 Å². The molecule has 1 fully saturated rings.